The standard InChI is InChI=1S/C12H14O5/c1-15-8-10(12(14)16-2)17-11(13)9-6-4-3-5-7-9/h3-7,10H,8H2,1-2H3/t10-/m0/s1. The van der Waals surface area contributed by atoms with Gasteiger partial charge in [0.25, 0.3) is 0 Å². The zero-order chi connectivity index (χ0) is 12.7. The van der Waals surface area contributed by atoms with E-state index in [0.29, 0.717) is 5.56 Å². The highest BCUT2D eigenvalue weighted by Crippen LogP contribution is 2.05. The van der Waals surface area contributed by atoms with Crippen LogP contribution in [0.15, 0.2) is 30.3 Å². The number of hydrogen-bond donors (Lipinski definition) is 0. The van der Waals surface area contributed by atoms with Gasteiger partial charge in [-0.05, 0) is 12.1 Å². The van der Waals surface area contributed by atoms with E-state index in [1.54, 1.807) is 30.3 Å². The number of esters is 2. The third kappa shape index (κ3) is 3.88. The maximum atomic E-state index is 11.7. The van der Waals surface area contributed by atoms with Crippen LogP contribution in [0.4, 0.5) is 0 Å². The monoisotopic (exact) mass is 238 g/mol. The molecule has 0 aromatic heterocycles. The van der Waals surface area contributed by atoms with E-state index in [0.717, 1.165) is 0 Å². The Kier molecular flexibility index (Phi) is 5.16. The van der Waals surface area contributed by atoms with E-state index in [9.17, 15) is 9.59 Å². The van der Waals surface area contributed by atoms with E-state index in [1.165, 1.54) is 14.2 Å². The van der Waals surface area contributed by atoms with Crippen molar-refractivity contribution in [2.24, 2.45) is 0 Å². The van der Waals surface area contributed by atoms with Gasteiger partial charge in [-0.25, -0.2) is 9.59 Å². The van der Waals surface area contributed by atoms with Crippen LogP contribution in [0.3, 0.4) is 0 Å². The molecule has 0 aliphatic rings. The Balaban J connectivity index is 2.67. The van der Waals surface area contributed by atoms with Gasteiger partial charge in [-0.2, -0.15) is 0 Å². The molecule has 0 fully saturated rings. The molecule has 0 spiro atoms. The summed E-state index contributed by atoms with van der Waals surface area (Å²) in [6.07, 6.45) is -1.04. The predicted molar refractivity (Wildman–Crippen MR) is 59.5 cm³/mol. The summed E-state index contributed by atoms with van der Waals surface area (Å²) in [6, 6.07) is 8.40. The van der Waals surface area contributed by atoms with Gasteiger partial charge in [-0.1, -0.05) is 18.2 Å². The molecule has 1 rings (SSSR count). The van der Waals surface area contributed by atoms with Crippen molar-refractivity contribution < 1.29 is 23.8 Å². The minimum absolute atomic E-state index is 0.0365. The van der Waals surface area contributed by atoms with Crippen molar-refractivity contribution in [3.8, 4) is 0 Å². The first-order valence-electron chi connectivity index (χ1n) is 5.01. The van der Waals surface area contributed by atoms with Crippen LogP contribution in [0.5, 0.6) is 0 Å². The van der Waals surface area contributed by atoms with E-state index < -0.39 is 18.0 Å². The van der Waals surface area contributed by atoms with E-state index >= 15 is 0 Å². The average Bonchev–Trinajstić information content (AvgIpc) is 2.38. The molecular formula is C12H14O5. The lowest BCUT2D eigenvalue weighted by molar-refractivity contribution is -0.153. The van der Waals surface area contributed by atoms with Crippen molar-refractivity contribution in [1.82, 2.24) is 0 Å². The minimum Gasteiger partial charge on any atom is -0.466 e. The average molecular weight is 238 g/mol. The molecule has 1 atom stereocenters. The summed E-state index contributed by atoms with van der Waals surface area (Å²) in [5, 5.41) is 0. The molecule has 5 heteroatoms. The summed E-state index contributed by atoms with van der Waals surface area (Å²) in [6.45, 7) is -0.0365. The summed E-state index contributed by atoms with van der Waals surface area (Å²) < 4.78 is 14.3. The molecule has 0 heterocycles. The van der Waals surface area contributed by atoms with Crippen LogP contribution in [0.1, 0.15) is 10.4 Å². The third-order valence-corrected chi connectivity index (χ3v) is 2.04. The summed E-state index contributed by atoms with van der Waals surface area (Å²) >= 11 is 0. The first-order valence-corrected chi connectivity index (χ1v) is 5.01. The van der Waals surface area contributed by atoms with Gasteiger partial charge in [0.1, 0.15) is 0 Å². The Labute approximate surface area is 99.3 Å². The largest absolute Gasteiger partial charge is 0.466 e. The molecular weight excluding hydrogens is 224 g/mol. The quantitative estimate of drug-likeness (QED) is 0.717. The number of carbonyl (C=O) groups excluding carboxylic acids is 2. The summed E-state index contributed by atoms with van der Waals surface area (Å²) in [4.78, 5) is 23.0. The van der Waals surface area contributed by atoms with Gasteiger partial charge in [-0.3, -0.25) is 0 Å². The smallest absolute Gasteiger partial charge is 0.349 e. The molecule has 5 nitrogen and oxygen atoms in total. The molecule has 0 aliphatic carbocycles. The second-order valence-corrected chi connectivity index (χ2v) is 3.24. The number of benzene rings is 1. The molecule has 17 heavy (non-hydrogen) atoms. The van der Waals surface area contributed by atoms with Crippen molar-refractivity contribution in [1.29, 1.82) is 0 Å². The summed E-state index contributed by atoms with van der Waals surface area (Å²) in [7, 11) is 2.63. The fourth-order valence-corrected chi connectivity index (χ4v) is 1.20. The first-order chi connectivity index (χ1) is 8.19. The topological polar surface area (TPSA) is 61.8 Å². The van der Waals surface area contributed by atoms with Crippen LogP contribution in [0, 0.1) is 0 Å². The predicted octanol–water partition coefficient (Wildman–Crippen LogP) is 1.03. The lowest BCUT2D eigenvalue weighted by Gasteiger charge is -2.14. The molecule has 0 bridgehead atoms. The maximum Gasteiger partial charge on any atom is 0.349 e. The number of carbonyl (C=O) groups is 2. The van der Waals surface area contributed by atoms with E-state index in [2.05, 4.69) is 4.74 Å². The second kappa shape index (κ2) is 6.65. The molecule has 1 aromatic rings. The highest BCUT2D eigenvalue weighted by molar-refractivity contribution is 5.91. The van der Waals surface area contributed by atoms with Gasteiger partial charge in [0.15, 0.2) is 0 Å². The van der Waals surface area contributed by atoms with Crippen molar-refractivity contribution in [3.63, 3.8) is 0 Å². The third-order valence-electron chi connectivity index (χ3n) is 2.04. The van der Waals surface area contributed by atoms with Gasteiger partial charge < -0.3 is 14.2 Å². The van der Waals surface area contributed by atoms with Crippen LogP contribution in [-0.4, -0.2) is 38.9 Å². The normalized spacial score (nSPS) is 11.6. The Bertz CT molecular complexity index is 374. The molecule has 0 radical (unpaired) electrons. The Morgan fingerprint density at radius 1 is 1.18 bits per heavy atom. The van der Waals surface area contributed by atoms with Crippen LogP contribution in [0.2, 0.25) is 0 Å². The number of ether oxygens (including phenoxy) is 3. The minimum atomic E-state index is -1.04. The van der Waals surface area contributed by atoms with Crippen LogP contribution in [0.25, 0.3) is 0 Å². The lowest BCUT2D eigenvalue weighted by Crippen LogP contribution is -2.32. The fraction of sp³-hybridized carbons (Fsp3) is 0.333. The highest BCUT2D eigenvalue weighted by Gasteiger charge is 2.24. The van der Waals surface area contributed by atoms with Gasteiger partial charge in [0, 0.05) is 7.11 Å². The van der Waals surface area contributed by atoms with Crippen molar-refractivity contribution >= 4 is 11.9 Å². The van der Waals surface area contributed by atoms with Crippen LogP contribution in [-0.2, 0) is 19.0 Å². The van der Waals surface area contributed by atoms with Crippen molar-refractivity contribution in [2.45, 2.75) is 6.10 Å². The molecule has 0 saturated heterocycles. The van der Waals surface area contributed by atoms with E-state index in [-0.39, 0.29) is 6.61 Å². The molecule has 1 aromatic carbocycles. The number of rotatable bonds is 5. The molecule has 92 valence electrons. The van der Waals surface area contributed by atoms with Crippen LogP contribution >= 0.6 is 0 Å². The van der Waals surface area contributed by atoms with Gasteiger partial charge in [0.05, 0.1) is 19.3 Å². The number of hydrogen-bond acceptors (Lipinski definition) is 5. The highest BCUT2D eigenvalue weighted by atomic mass is 16.6. The molecule has 0 saturated carbocycles. The molecule has 0 N–H and O–H groups in total. The summed E-state index contributed by atoms with van der Waals surface area (Å²) in [5.41, 5.74) is 0.373. The van der Waals surface area contributed by atoms with Crippen molar-refractivity contribution in [3.05, 3.63) is 35.9 Å². The lowest BCUT2D eigenvalue weighted by atomic mass is 10.2. The van der Waals surface area contributed by atoms with E-state index in [1.807, 2.05) is 0 Å². The molecule has 0 unspecified atom stereocenters. The number of methoxy groups -OCH3 is 2. The Hall–Kier alpha value is -1.88. The maximum absolute atomic E-state index is 11.7. The molecule has 0 amide bonds. The van der Waals surface area contributed by atoms with Gasteiger partial charge in [0.2, 0.25) is 6.10 Å². The fourth-order valence-electron chi connectivity index (χ4n) is 1.20. The van der Waals surface area contributed by atoms with E-state index in [4.69, 9.17) is 9.47 Å². The SMILES string of the molecule is COC[C@H](OC(=O)c1ccccc1)C(=O)OC. The Morgan fingerprint density at radius 3 is 2.35 bits per heavy atom. The van der Waals surface area contributed by atoms with Crippen molar-refractivity contribution in [2.75, 3.05) is 20.8 Å². The van der Waals surface area contributed by atoms with Crippen LogP contribution < -0.4 is 0 Å². The first kappa shape index (κ1) is 13.2. The zero-order valence-electron chi connectivity index (χ0n) is 9.71. The molecule has 0 aliphatic heterocycles. The second-order valence-electron chi connectivity index (χ2n) is 3.24. The van der Waals surface area contributed by atoms with Gasteiger partial charge in [-0.15, -0.1) is 0 Å². The van der Waals surface area contributed by atoms with Gasteiger partial charge >= 0.3 is 11.9 Å². The Morgan fingerprint density at radius 2 is 1.82 bits per heavy atom. The summed E-state index contributed by atoms with van der Waals surface area (Å²) in [5.74, 6) is -1.23. The zero-order valence-corrected chi connectivity index (χ0v) is 9.71.